The summed E-state index contributed by atoms with van der Waals surface area (Å²) in [5, 5.41) is 8.75. The van der Waals surface area contributed by atoms with E-state index in [1.54, 1.807) is 4.80 Å². The lowest BCUT2D eigenvalue weighted by atomic mass is 10.0. The third-order valence-corrected chi connectivity index (χ3v) is 2.17. The zero-order valence-electron chi connectivity index (χ0n) is 6.88. The minimum atomic E-state index is 0.896. The topological polar surface area (TPSA) is 30.7 Å². The number of aromatic nitrogens is 3. The second-order valence-corrected chi connectivity index (χ2v) is 2.99. The monoisotopic (exact) mass is 151 g/mol. The fraction of sp³-hybridized carbons (Fsp3) is 0.750. The number of hydrogen-bond acceptors (Lipinski definition) is 2. The zero-order valence-corrected chi connectivity index (χ0v) is 6.88. The Kier molecular flexibility index (Phi) is 1.64. The Hall–Kier alpha value is -0.860. The van der Waals surface area contributed by atoms with Gasteiger partial charge in [-0.25, -0.2) is 0 Å². The van der Waals surface area contributed by atoms with Gasteiger partial charge in [-0.15, -0.1) is 0 Å². The van der Waals surface area contributed by atoms with Crippen molar-refractivity contribution >= 4 is 0 Å². The Bertz CT molecular complexity index is 228. The molecule has 1 aromatic rings. The third-order valence-electron chi connectivity index (χ3n) is 2.17. The highest BCUT2D eigenvalue weighted by atomic mass is 15.5. The van der Waals surface area contributed by atoms with E-state index in [1.807, 2.05) is 0 Å². The van der Waals surface area contributed by atoms with E-state index >= 15 is 0 Å². The Morgan fingerprint density at radius 2 is 1.73 bits per heavy atom. The van der Waals surface area contributed by atoms with Crippen LogP contribution in [0.4, 0.5) is 0 Å². The molecule has 0 saturated carbocycles. The van der Waals surface area contributed by atoms with Crippen molar-refractivity contribution in [3.8, 4) is 0 Å². The molecule has 1 aliphatic carbocycles. The largest absolute Gasteiger partial charge is 0.185 e. The van der Waals surface area contributed by atoms with Gasteiger partial charge in [0.1, 0.15) is 0 Å². The predicted octanol–water partition coefficient (Wildman–Crippen LogP) is 1.18. The summed E-state index contributed by atoms with van der Waals surface area (Å²) in [7, 11) is 0. The summed E-state index contributed by atoms with van der Waals surface area (Å²) < 4.78 is 0. The Labute approximate surface area is 66.4 Å². The average molecular weight is 151 g/mol. The van der Waals surface area contributed by atoms with Crippen molar-refractivity contribution in [2.45, 2.75) is 39.2 Å². The highest BCUT2D eigenvalue weighted by molar-refractivity contribution is 5.11. The summed E-state index contributed by atoms with van der Waals surface area (Å²) >= 11 is 0. The van der Waals surface area contributed by atoms with Crippen LogP contribution >= 0.6 is 0 Å². The molecule has 0 aliphatic heterocycles. The lowest BCUT2D eigenvalue weighted by Crippen LogP contribution is -2.00. The SMILES string of the molecule is CCn1nc2c(n1)CCCC2. The second-order valence-electron chi connectivity index (χ2n) is 2.99. The van der Waals surface area contributed by atoms with Gasteiger partial charge in [-0.2, -0.15) is 15.0 Å². The van der Waals surface area contributed by atoms with Gasteiger partial charge in [-0.3, -0.25) is 0 Å². The summed E-state index contributed by atoms with van der Waals surface area (Å²) in [6.07, 6.45) is 4.84. The van der Waals surface area contributed by atoms with Crippen molar-refractivity contribution in [2.24, 2.45) is 0 Å². The molecule has 60 valence electrons. The molecule has 0 bridgehead atoms. The molecule has 0 fully saturated rings. The highest BCUT2D eigenvalue weighted by Crippen LogP contribution is 2.16. The first-order chi connectivity index (χ1) is 5.40. The molecule has 0 radical (unpaired) electrons. The molecule has 0 aromatic carbocycles. The number of aryl methyl sites for hydroxylation is 3. The van der Waals surface area contributed by atoms with E-state index in [4.69, 9.17) is 0 Å². The molecule has 0 N–H and O–H groups in total. The fourth-order valence-electron chi connectivity index (χ4n) is 1.53. The number of nitrogens with zero attached hydrogens (tertiary/aromatic N) is 3. The molecule has 1 aromatic heterocycles. The molecule has 1 aliphatic rings. The normalized spacial score (nSPS) is 16.5. The lowest BCUT2D eigenvalue weighted by molar-refractivity contribution is 0.562. The molecule has 2 rings (SSSR count). The fourth-order valence-corrected chi connectivity index (χ4v) is 1.53. The van der Waals surface area contributed by atoms with Crippen LogP contribution in [0.3, 0.4) is 0 Å². The molecule has 0 unspecified atom stereocenters. The maximum atomic E-state index is 4.37. The molecular weight excluding hydrogens is 138 g/mol. The van der Waals surface area contributed by atoms with Crippen molar-refractivity contribution < 1.29 is 0 Å². The van der Waals surface area contributed by atoms with Crippen LogP contribution in [-0.2, 0) is 19.4 Å². The van der Waals surface area contributed by atoms with Gasteiger partial charge in [-0.1, -0.05) is 0 Å². The standard InChI is InChI=1S/C8H13N3/c1-2-11-9-7-5-3-4-6-8(7)10-11/h2-6H2,1H3. The van der Waals surface area contributed by atoms with E-state index in [-0.39, 0.29) is 0 Å². The molecule has 3 heteroatoms. The molecule has 0 saturated heterocycles. The lowest BCUT2D eigenvalue weighted by Gasteiger charge is -2.05. The summed E-state index contributed by atoms with van der Waals surface area (Å²) in [5.41, 5.74) is 2.47. The van der Waals surface area contributed by atoms with Crippen LogP contribution in [0, 0.1) is 0 Å². The molecule has 0 atom stereocenters. The number of hydrogen-bond donors (Lipinski definition) is 0. The van der Waals surface area contributed by atoms with Crippen molar-refractivity contribution in [2.75, 3.05) is 0 Å². The minimum absolute atomic E-state index is 0.896. The van der Waals surface area contributed by atoms with Crippen molar-refractivity contribution in [1.29, 1.82) is 0 Å². The van der Waals surface area contributed by atoms with Crippen molar-refractivity contribution in [1.82, 2.24) is 15.0 Å². The van der Waals surface area contributed by atoms with E-state index in [9.17, 15) is 0 Å². The van der Waals surface area contributed by atoms with Gasteiger partial charge in [-0.05, 0) is 32.6 Å². The van der Waals surface area contributed by atoms with Crippen LogP contribution < -0.4 is 0 Å². The smallest absolute Gasteiger partial charge is 0.0859 e. The average Bonchev–Trinajstić information content (AvgIpc) is 2.46. The maximum absolute atomic E-state index is 4.37. The molecule has 0 spiro atoms. The molecule has 1 heterocycles. The molecule has 3 nitrogen and oxygen atoms in total. The summed E-state index contributed by atoms with van der Waals surface area (Å²) in [4.78, 5) is 1.80. The van der Waals surface area contributed by atoms with Gasteiger partial charge in [0, 0.05) is 0 Å². The van der Waals surface area contributed by atoms with Gasteiger partial charge in [0.05, 0.1) is 17.9 Å². The van der Waals surface area contributed by atoms with Gasteiger partial charge in [0.25, 0.3) is 0 Å². The summed E-state index contributed by atoms with van der Waals surface area (Å²) in [5.74, 6) is 0. The summed E-state index contributed by atoms with van der Waals surface area (Å²) in [6, 6.07) is 0. The minimum Gasteiger partial charge on any atom is -0.185 e. The Balaban J connectivity index is 2.32. The second kappa shape index (κ2) is 2.64. The maximum Gasteiger partial charge on any atom is 0.0859 e. The van der Waals surface area contributed by atoms with Gasteiger partial charge in [0.15, 0.2) is 0 Å². The highest BCUT2D eigenvalue weighted by Gasteiger charge is 2.13. The van der Waals surface area contributed by atoms with E-state index in [2.05, 4.69) is 17.1 Å². The van der Waals surface area contributed by atoms with Crippen LogP contribution in [0.2, 0.25) is 0 Å². The number of rotatable bonds is 1. The quantitative estimate of drug-likeness (QED) is 0.603. The Morgan fingerprint density at radius 1 is 1.18 bits per heavy atom. The third kappa shape index (κ3) is 1.15. The van der Waals surface area contributed by atoms with E-state index < -0.39 is 0 Å². The first kappa shape index (κ1) is 6.83. The van der Waals surface area contributed by atoms with Gasteiger partial charge >= 0.3 is 0 Å². The van der Waals surface area contributed by atoms with Crippen LogP contribution in [0.15, 0.2) is 0 Å². The van der Waals surface area contributed by atoms with E-state index in [0.29, 0.717) is 0 Å². The van der Waals surface area contributed by atoms with Crippen LogP contribution in [0.1, 0.15) is 31.2 Å². The van der Waals surface area contributed by atoms with Gasteiger partial charge in [0.2, 0.25) is 0 Å². The molecule has 11 heavy (non-hydrogen) atoms. The summed E-state index contributed by atoms with van der Waals surface area (Å²) in [6.45, 7) is 2.97. The molecular formula is C8H13N3. The van der Waals surface area contributed by atoms with Crippen LogP contribution in [0.5, 0.6) is 0 Å². The Morgan fingerprint density at radius 3 is 2.18 bits per heavy atom. The van der Waals surface area contributed by atoms with Crippen LogP contribution in [0.25, 0.3) is 0 Å². The van der Waals surface area contributed by atoms with E-state index in [0.717, 1.165) is 19.4 Å². The zero-order chi connectivity index (χ0) is 7.68. The van der Waals surface area contributed by atoms with E-state index in [1.165, 1.54) is 24.2 Å². The number of fused-ring (bicyclic) bond motifs is 1. The first-order valence-electron chi connectivity index (χ1n) is 4.33. The first-order valence-corrected chi connectivity index (χ1v) is 4.33. The van der Waals surface area contributed by atoms with Crippen LogP contribution in [-0.4, -0.2) is 15.0 Å². The molecule has 0 amide bonds. The predicted molar refractivity (Wildman–Crippen MR) is 42.3 cm³/mol. The van der Waals surface area contributed by atoms with Gasteiger partial charge < -0.3 is 0 Å². The van der Waals surface area contributed by atoms with Crippen molar-refractivity contribution in [3.63, 3.8) is 0 Å². The van der Waals surface area contributed by atoms with Crippen molar-refractivity contribution in [3.05, 3.63) is 11.4 Å².